The lowest BCUT2D eigenvalue weighted by molar-refractivity contribution is 0.0204. The monoisotopic (exact) mass is 436 g/mol. The van der Waals surface area contributed by atoms with Gasteiger partial charge in [0.25, 0.3) is 0 Å². The SMILES string of the molecule is CC(C)(C)OC(=O)N1CCC(c2cnc3c(Nc4ccc(C#N)cc4F)nccn23)CC1. The van der Waals surface area contributed by atoms with Crippen LogP contribution in [-0.4, -0.2) is 44.1 Å². The van der Waals surface area contributed by atoms with Crippen LogP contribution in [0, 0.1) is 17.1 Å². The maximum atomic E-state index is 14.3. The Morgan fingerprint density at radius 2 is 2.03 bits per heavy atom. The molecule has 0 bridgehead atoms. The molecule has 1 aliphatic rings. The summed E-state index contributed by atoms with van der Waals surface area (Å²) in [4.78, 5) is 22.9. The van der Waals surface area contributed by atoms with E-state index in [1.807, 2.05) is 43.6 Å². The molecule has 1 aliphatic heterocycles. The lowest BCUT2D eigenvalue weighted by Crippen LogP contribution is -2.41. The van der Waals surface area contributed by atoms with Gasteiger partial charge < -0.3 is 15.0 Å². The lowest BCUT2D eigenvalue weighted by Gasteiger charge is -2.33. The highest BCUT2D eigenvalue weighted by Gasteiger charge is 2.29. The molecule has 0 radical (unpaired) electrons. The molecule has 9 heteroatoms. The fraction of sp³-hybridized carbons (Fsp3) is 0.391. The Morgan fingerprint density at radius 1 is 1.28 bits per heavy atom. The molecule has 1 saturated heterocycles. The minimum Gasteiger partial charge on any atom is -0.444 e. The third-order valence-corrected chi connectivity index (χ3v) is 5.37. The van der Waals surface area contributed by atoms with Gasteiger partial charge in [0.05, 0.1) is 17.3 Å². The average molecular weight is 436 g/mol. The molecule has 0 unspecified atom stereocenters. The lowest BCUT2D eigenvalue weighted by atomic mass is 9.94. The van der Waals surface area contributed by atoms with Gasteiger partial charge in [-0.05, 0) is 51.8 Å². The molecule has 1 N–H and O–H groups in total. The highest BCUT2D eigenvalue weighted by atomic mass is 19.1. The molecular formula is C23H25FN6O2. The number of anilines is 2. The zero-order valence-electron chi connectivity index (χ0n) is 18.3. The largest absolute Gasteiger partial charge is 0.444 e. The number of halogens is 1. The van der Waals surface area contributed by atoms with Gasteiger partial charge in [-0.25, -0.2) is 19.2 Å². The quantitative estimate of drug-likeness (QED) is 0.645. The maximum absolute atomic E-state index is 14.3. The first-order chi connectivity index (χ1) is 15.2. The van der Waals surface area contributed by atoms with E-state index < -0.39 is 11.4 Å². The number of aromatic nitrogens is 3. The summed E-state index contributed by atoms with van der Waals surface area (Å²) in [5.74, 6) is 0.119. The van der Waals surface area contributed by atoms with E-state index in [1.54, 1.807) is 17.2 Å². The second-order valence-electron chi connectivity index (χ2n) is 8.83. The molecule has 3 aromatic rings. The molecule has 3 heterocycles. The number of nitriles is 1. The van der Waals surface area contributed by atoms with E-state index in [1.165, 1.54) is 12.1 Å². The van der Waals surface area contributed by atoms with Crippen molar-refractivity contribution in [3.8, 4) is 6.07 Å². The van der Waals surface area contributed by atoms with Crippen molar-refractivity contribution >= 4 is 23.2 Å². The Balaban J connectivity index is 1.51. The summed E-state index contributed by atoms with van der Waals surface area (Å²) in [5.41, 5.74) is 1.57. The van der Waals surface area contributed by atoms with Crippen LogP contribution in [0.15, 0.2) is 36.8 Å². The van der Waals surface area contributed by atoms with Gasteiger partial charge in [-0.1, -0.05) is 0 Å². The van der Waals surface area contributed by atoms with Crippen LogP contribution in [0.3, 0.4) is 0 Å². The number of rotatable bonds is 3. The van der Waals surface area contributed by atoms with E-state index in [0.29, 0.717) is 24.6 Å². The number of nitrogens with zero attached hydrogens (tertiary/aromatic N) is 5. The van der Waals surface area contributed by atoms with Crippen molar-refractivity contribution < 1.29 is 13.9 Å². The molecule has 4 rings (SSSR count). The van der Waals surface area contributed by atoms with Crippen LogP contribution in [0.4, 0.5) is 20.7 Å². The third kappa shape index (κ3) is 4.49. The van der Waals surface area contributed by atoms with E-state index in [-0.39, 0.29) is 23.3 Å². The Bertz CT molecular complexity index is 1190. The Labute approximate surface area is 185 Å². The molecule has 0 spiro atoms. The summed E-state index contributed by atoms with van der Waals surface area (Å²) in [6.45, 7) is 6.80. The first-order valence-electron chi connectivity index (χ1n) is 10.5. The summed E-state index contributed by atoms with van der Waals surface area (Å²) in [6.07, 6.45) is 6.58. The molecule has 1 amide bonds. The molecule has 1 fully saturated rings. The number of hydrogen-bond donors (Lipinski definition) is 1. The minimum absolute atomic E-state index is 0.222. The Morgan fingerprint density at radius 3 is 2.69 bits per heavy atom. The summed E-state index contributed by atoms with van der Waals surface area (Å²) < 4.78 is 21.7. The van der Waals surface area contributed by atoms with Crippen molar-refractivity contribution in [3.05, 3.63) is 53.9 Å². The summed E-state index contributed by atoms with van der Waals surface area (Å²) in [5, 5.41) is 11.9. The van der Waals surface area contributed by atoms with Gasteiger partial charge in [0.2, 0.25) is 0 Å². The number of fused-ring (bicyclic) bond motifs is 1. The van der Waals surface area contributed by atoms with Crippen molar-refractivity contribution in [1.82, 2.24) is 19.3 Å². The fourth-order valence-electron chi connectivity index (χ4n) is 3.83. The predicted octanol–water partition coefficient (Wildman–Crippen LogP) is 4.60. The second kappa shape index (κ2) is 8.46. The van der Waals surface area contributed by atoms with Crippen LogP contribution in [0.1, 0.15) is 50.8 Å². The van der Waals surface area contributed by atoms with Crippen LogP contribution in [0.5, 0.6) is 0 Å². The highest BCUT2D eigenvalue weighted by Crippen LogP contribution is 2.31. The first kappa shape index (κ1) is 21.6. The molecule has 1 aromatic carbocycles. The molecule has 166 valence electrons. The van der Waals surface area contributed by atoms with E-state index in [0.717, 1.165) is 18.5 Å². The molecule has 8 nitrogen and oxygen atoms in total. The zero-order chi connectivity index (χ0) is 22.9. The zero-order valence-corrected chi connectivity index (χ0v) is 18.3. The standard InChI is InChI=1S/C23H25FN6O2/c1-23(2,3)32-22(31)29-9-6-16(7-10-29)19-14-27-21-20(26-8-11-30(19)21)28-18-5-4-15(13-25)12-17(18)24/h4-5,8,11-12,14,16H,6-7,9-10H2,1-3H3,(H,26,28). The number of benzene rings is 1. The number of hydrogen-bond acceptors (Lipinski definition) is 6. The summed E-state index contributed by atoms with van der Waals surface area (Å²) >= 11 is 0. The van der Waals surface area contributed by atoms with Crippen LogP contribution in [0.25, 0.3) is 5.65 Å². The number of nitrogens with one attached hydrogen (secondary N) is 1. The van der Waals surface area contributed by atoms with E-state index >= 15 is 0 Å². The smallest absolute Gasteiger partial charge is 0.410 e. The Hall–Kier alpha value is -3.67. The number of amides is 1. The first-order valence-corrected chi connectivity index (χ1v) is 10.5. The average Bonchev–Trinajstić information content (AvgIpc) is 3.19. The number of piperidine rings is 1. The predicted molar refractivity (Wildman–Crippen MR) is 117 cm³/mol. The van der Waals surface area contributed by atoms with Gasteiger partial charge in [0.15, 0.2) is 11.5 Å². The van der Waals surface area contributed by atoms with E-state index in [4.69, 9.17) is 10.00 Å². The van der Waals surface area contributed by atoms with Gasteiger partial charge in [0, 0.05) is 43.3 Å². The fourth-order valence-corrected chi connectivity index (χ4v) is 3.83. The second-order valence-corrected chi connectivity index (χ2v) is 8.83. The van der Waals surface area contributed by atoms with E-state index in [2.05, 4.69) is 15.3 Å². The number of carbonyl (C=O) groups excluding carboxylic acids is 1. The molecule has 2 aromatic heterocycles. The van der Waals surface area contributed by atoms with Gasteiger partial charge in [-0.15, -0.1) is 0 Å². The van der Waals surface area contributed by atoms with Crippen LogP contribution in [0.2, 0.25) is 0 Å². The summed E-state index contributed by atoms with van der Waals surface area (Å²) in [6, 6.07) is 6.15. The molecule has 0 aliphatic carbocycles. The number of carbonyl (C=O) groups is 1. The number of ether oxygens (including phenoxy) is 1. The van der Waals surface area contributed by atoms with Crippen molar-refractivity contribution in [2.75, 3.05) is 18.4 Å². The molecule has 32 heavy (non-hydrogen) atoms. The van der Waals surface area contributed by atoms with Crippen LogP contribution in [-0.2, 0) is 4.74 Å². The molecular weight excluding hydrogens is 411 g/mol. The van der Waals surface area contributed by atoms with Gasteiger partial charge in [-0.2, -0.15) is 5.26 Å². The van der Waals surface area contributed by atoms with Gasteiger partial charge in [0.1, 0.15) is 11.4 Å². The van der Waals surface area contributed by atoms with E-state index in [9.17, 15) is 9.18 Å². The van der Waals surface area contributed by atoms with Crippen molar-refractivity contribution in [3.63, 3.8) is 0 Å². The molecule has 0 saturated carbocycles. The topological polar surface area (TPSA) is 95.5 Å². The number of imidazole rings is 1. The molecule has 0 atom stereocenters. The summed E-state index contributed by atoms with van der Waals surface area (Å²) in [7, 11) is 0. The van der Waals surface area contributed by atoms with Crippen molar-refractivity contribution in [2.24, 2.45) is 0 Å². The number of likely N-dealkylation sites (tertiary alicyclic amines) is 1. The normalized spacial score (nSPS) is 14.9. The highest BCUT2D eigenvalue weighted by molar-refractivity contribution is 5.71. The van der Waals surface area contributed by atoms with Crippen LogP contribution < -0.4 is 5.32 Å². The van der Waals surface area contributed by atoms with Gasteiger partial charge in [-0.3, -0.25) is 4.40 Å². The van der Waals surface area contributed by atoms with Crippen molar-refractivity contribution in [2.45, 2.75) is 45.1 Å². The van der Waals surface area contributed by atoms with Gasteiger partial charge >= 0.3 is 6.09 Å². The maximum Gasteiger partial charge on any atom is 0.410 e. The van der Waals surface area contributed by atoms with Crippen molar-refractivity contribution in [1.29, 1.82) is 5.26 Å². The Kier molecular flexibility index (Phi) is 5.70. The third-order valence-electron chi connectivity index (χ3n) is 5.37. The minimum atomic E-state index is -0.533. The van der Waals surface area contributed by atoms with Crippen LogP contribution >= 0.6 is 0 Å².